The minimum absolute atomic E-state index is 0.00221. The molecule has 1 aliphatic heterocycles. The topological polar surface area (TPSA) is 132 Å². The fraction of sp³-hybridized carbons (Fsp3) is 0.200. The second kappa shape index (κ2) is 11.1. The van der Waals surface area contributed by atoms with Crippen LogP contribution in [0.4, 0.5) is 5.69 Å². The molecular formula is C25H22IN3O6. The maximum atomic E-state index is 13.2. The lowest BCUT2D eigenvalue weighted by Crippen LogP contribution is -2.41. The second-order valence-electron chi connectivity index (χ2n) is 7.22. The van der Waals surface area contributed by atoms with Crippen LogP contribution in [0.3, 0.4) is 0 Å². The summed E-state index contributed by atoms with van der Waals surface area (Å²) in [7, 11) is 2.32. The summed E-state index contributed by atoms with van der Waals surface area (Å²) < 4.78 is 15.9. The predicted octanol–water partition coefficient (Wildman–Crippen LogP) is 3.37. The molecule has 0 fully saturated rings. The summed E-state index contributed by atoms with van der Waals surface area (Å²) in [6.45, 7) is 1.77. The monoisotopic (exact) mass is 587 g/mol. The van der Waals surface area contributed by atoms with Gasteiger partial charge in [-0.3, -0.25) is 4.90 Å². The fourth-order valence-electron chi connectivity index (χ4n) is 3.84. The Kier molecular flexibility index (Phi) is 8.14. The molecule has 0 saturated heterocycles. The van der Waals surface area contributed by atoms with Gasteiger partial charge in [0.05, 0.1) is 55.2 Å². The Balaban J connectivity index is 2.45. The van der Waals surface area contributed by atoms with Gasteiger partial charge in [0.25, 0.3) is 0 Å². The summed E-state index contributed by atoms with van der Waals surface area (Å²) in [5.41, 5.74) is 6.85. The summed E-state index contributed by atoms with van der Waals surface area (Å²) in [4.78, 5) is 40.3. The summed E-state index contributed by atoms with van der Waals surface area (Å²) in [5.74, 6) is -3.57. The lowest BCUT2D eigenvalue weighted by molar-refractivity contribution is -0.139. The van der Waals surface area contributed by atoms with E-state index in [2.05, 4.69) is 6.07 Å². The largest absolute Gasteiger partial charge is 0.466 e. The van der Waals surface area contributed by atoms with E-state index >= 15 is 0 Å². The number of hydrogen-bond acceptors (Lipinski definition) is 9. The van der Waals surface area contributed by atoms with Crippen molar-refractivity contribution in [2.75, 3.05) is 25.7 Å². The van der Waals surface area contributed by atoms with E-state index in [1.54, 1.807) is 55.5 Å². The van der Waals surface area contributed by atoms with E-state index in [1.807, 2.05) is 22.6 Å². The van der Waals surface area contributed by atoms with Crippen molar-refractivity contribution in [3.8, 4) is 6.07 Å². The van der Waals surface area contributed by atoms with Gasteiger partial charge in [0.1, 0.15) is 11.5 Å². The number of nitrogens with two attached hydrogens (primary N) is 1. The Hall–Kier alpha value is -3.85. The number of rotatable bonds is 6. The number of carbonyl (C=O) groups is 3. The molecule has 10 heteroatoms. The standard InChI is InChI=1S/C25H22IN3O6/c1-4-35-23(30)16-12-15(26)10-11-18(16)29-21(25(32)34-3)20(24(31)33-2)19(17(13-27)22(29)28)14-8-6-5-7-9-14/h5-12,19H,4,28H2,1-3H3. The molecule has 2 aromatic carbocycles. The highest BCUT2D eigenvalue weighted by Crippen LogP contribution is 2.44. The summed E-state index contributed by atoms with van der Waals surface area (Å²) >= 11 is 2.03. The van der Waals surface area contributed by atoms with Crippen molar-refractivity contribution in [2.24, 2.45) is 5.73 Å². The van der Waals surface area contributed by atoms with Crippen molar-refractivity contribution in [1.29, 1.82) is 5.26 Å². The van der Waals surface area contributed by atoms with Crippen LogP contribution in [0, 0.1) is 14.9 Å². The van der Waals surface area contributed by atoms with E-state index in [4.69, 9.17) is 19.9 Å². The fourth-order valence-corrected chi connectivity index (χ4v) is 4.33. The lowest BCUT2D eigenvalue weighted by Gasteiger charge is -2.36. The average molecular weight is 587 g/mol. The molecule has 0 aromatic heterocycles. The number of anilines is 1. The van der Waals surface area contributed by atoms with E-state index in [-0.39, 0.29) is 40.5 Å². The molecule has 1 unspecified atom stereocenters. The van der Waals surface area contributed by atoms with Gasteiger partial charge in [0.2, 0.25) is 0 Å². The number of benzene rings is 2. The molecule has 35 heavy (non-hydrogen) atoms. The molecule has 0 spiro atoms. The van der Waals surface area contributed by atoms with Crippen LogP contribution >= 0.6 is 22.6 Å². The first-order valence-electron chi connectivity index (χ1n) is 10.4. The number of methoxy groups -OCH3 is 2. The zero-order chi connectivity index (χ0) is 25.7. The van der Waals surface area contributed by atoms with Crippen LogP contribution in [0.2, 0.25) is 0 Å². The van der Waals surface area contributed by atoms with Gasteiger partial charge in [-0.2, -0.15) is 5.26 Å². The van der Waals surface area contributed by atoms with E-state index in [9.17, 15) is 19.6 Å². The third kappa shape index (κ3) is 4.85. The first-order valence-corrected chi connectivity index (χ1v) is 11.5. The zero-order valence-corrected chi connectivity index (χ0v) is 21.4. The number of hydrogen-bond donors (Lipinski definition) is 1. The number of ether oxygens (including phenoxy) is 3. The molecule has 0 bridgehead atoms. The minimum Gasteiger partial charge on any atom is -0.466 e. The van der Waals surface area contributed by atoms with Gasteiger partial charge in [-0.05, 0) is 53.3 Å². The van der Waals surface area contributed by atoms with Crippen LogP contribution in [-0.2, 0) is 23.8 Å². The van der Waals surface area contributed by atoms with Gasteiger partial charge >= 0.3 is 17.9 Å². The van der Waals surface area contributed by atoms with Crippen LogP contribution in [0.5, 0.6) is 0 Å². The van der Waals surface area contributed by atoms with Gasteiger partial charge in [0, 0.05) is 3.57 Å². The average Bonchev–Trinajstić information content (AvgIpc) is 2.87. The Morgan fingerprint density at radius 2 is 1.71 bits per heavy atom. The third-order valence-corrected chi connectivity index (χ3v) is 5.98. The molecule has 180 valence electrons. The van der Waals surface area contributed by atoms with Crippen molar-refractivity contribution in [2.45, 2.75) is 12.8 Å². The highest BCUT2D eigenvalue weighted by Gasteiger charge is 2.43. The van der Waals surface area contributed by atoms with Crippen molar-refractivity contribution >= 4 is 46.2 Å². The maximum absolute atomic E-state index is 13.2. The van der Waals surface area contributed by atoms with Crippen LogP contribution in [-0.4, -0.2) is 38.7 Å². The predicted molar refractivity (Wildman–Crippen MR) is 135 cm³/mol. The molecule has 0 saturated carbocycles. The molecule has 2 aromatic rings. The Labute approximate surface area is 215 Å². The third-order valence-electron chi connectivity index (χ3n) is 5.31. The van der Waals surface area contributed by atoms with E-state index in [0.717, 1.165) is 7.11 Å². The van der Waals surface area contributed by atoms with Gasteiger partial charge in [-0.15, -0.1) is 0 Å². The molecule has 1 atom stereocenters. The molecule has 1 aliphatic rings. The molecule has 9 nitrogen and oxygen atoms in total. The SMILES string of the molecule is CCOC(=O)c1cc(I)ccc1N1C(N)=C(C#N)C(c2ccccc2)C(C(=O)OC)=C1C(=O)OC. The summed E-state index contributed by atoms with van der Waals surface area (Å²) in [5, 5.41) is 10.1. The van der Waals surface area contributed by atoms with Crippen molar-refractivity contribution in [3.63, 3.8) is 0 Å². The van der Waals surface area contributed by atoms with E-state index in [0.29, 0.717) is 9.13 Å². The zero-order valence-electron chi connectivity index (χ0n) is 19.2. The molecule has 1 heterocycles. The first-order chi connectivity index (χ1) is 16.8. The quantitative estimate of drug-likeness (QED) is 0.307. The Bertz CT molecular complexity index is 1280. The maximum Gasteiger partial charge on any atom is 0.355 e. The normalized spacial score (nSPS) is 15.4. The van der Waals surface area contributed by atoms with Crippen LogP contribution in [0.15, 0.2) is 71.2 Å². The number of carbonyl (C=O) groups excluding carboxylic acids is 3. The molecule has 0 radical (unpaired) electrons. The Morgan fingerprint density at radius 1 is 1.06 bits per heavy atom. The van der Waals surface area contributed by atoms with Gasteiger partial charge < -0.3 is 19.9 Å². The number of nitriles is 1. The smallest absolute Gasteiger partial charge is 0.355 e. The molecule has 0 aliphatic carbocycles. The number of nitrogens with zero attached hydrogens (tertiary/aromatic N) is 2. The lowest BCUT2D eigenvalue weighted by atomic mass is 9.80. The van der Waals surface area contributed by atoms with Gasteiger partial charge in [-0.25, -0.2) is 14.4 Å². The van der Waals surface area contributed by atoms with Crippen molar-refractivity contribution in [3.05, 3.63) is 85.9 Å². The van der Waals surface area contributed by atoms with Crippen LogP contribution in [0.1, 0.15) is 28.8 Å². The van der Waals surface area contributed by atoms with Crippen LogP contribution < -0.4 is 10.6 Å². The Morgan fingerprint density at radius 3 is 2.29 bits per heavy atom. The highest BCUT2D eigenvalue weighted by molar-refractivity contribution is 14.1. The number of allylic oxidation sites excluding steroid dienone is 1. The number of esters is 3. The van der Waals surface area contributed by atoms with E-state index in [1.165, 1.54) is 12.0 Å². The molecular weight excluding hydrogens is 565 g/mol. The first kappa shape index (κ1) is 25.8. The number of halogens is 1. The highest BCUT2D eigenvalue weighted by atomic mass is 127. The minimum atomic E-state index is -1.01. The van der Waals surface area contributed by atoms with Gasteiger partial charge in [0.15, 0.2) is 0 Å². The van der Waals surface area contributed by atoms with Crippen molar-refractivity contribution < 1.29 is 28.6 Å². The second-order valence-corrected chi connectivity index (χ2v) is 8.46. The molecule has 2 N–H and O–H groups in total. The van der Waals surface area contributed by atoms with Crippen LogP contribution in [0.25, 0.3) is 0 Å². The van der Waals surface area contributed by atoms with Crippen molar-refractivity contribution in [1.82, 2.24) is 0 Å². The van der Waals surface area contributed by atoms with Gasteiger partial charge in [-0.1, -0.05) is 30.3 Å². The van der Waals surface area contributed by atoms with E-state index < -0.39 is 23.8 Å². The summed E-state index contributed by atoms with van der Waals surface area (Å²) in [6.07, 6.45) is 0. The summed E-state index contributed by atoms with van der Waals surface area (Å²) in [6, 6.07) is 15.5. The molecule has 0 amide bonds. The molecule has 3 rings (SSSR count).